The molecule has 1 fully saturated rings. The zero-order chi connectivity index (χ0) is 15.6. The van der Waals surface area contributed by atoms with Gasteiger partial charge in [-0.1, -0.05) is 13.0 Å². The van der Waals surface area contributed by atoms with Crippen LogP contribution in [0.2, 0.25) is 0 Å². The quantitative estimate of drug-likeness (QED) is 0.840. The van der Waals surface area contributed by atoms with E-state index in [0.717, 1.165) is 0 Å². The molecule has 1 aliphatic heterocycles. The van der Waals surface area contributed by atoms with Gasteiger partial charge in [0.25, 0.3) is 0 Å². The molecule has 0 saturated carbocycles. The number of hydrogen-bond donors (Lipinski definition) is 2. The summed E-state index contributed by atoms with van der Waals surface area (Å²) in [6.45, 7) is 2.25. The zero-order valence-electron chi connectivity index (χ0n) is 12.1. The molecule has 2 N–H and O–H groups in total. The van der Waals surface area contributed by atoms with Crippen molar-refractivity contribution in [3.05, 3.63) is 36.2 Å². The van der Waals surface area contributed by atoms with Gasteiger partial charge in [0, 0.05) is 19.2 Å². The van der Waals surface area contributed by atoms with E-state index in [1.807, 2.05) is 6.92 Å². The van der Waals surface area contributed by atoms with Gasteiger partial charge in [-0.25, -0.2) is 13.4 Å². The third-order valence-electron chi connectivity index (χ3n) is 3.52. The van der Waals surface area contributed by atoms with Crippen LogP contribution in [0.4, 0.5) is 5.82 Å². The lowest BCUT2D eigenvalue weighted by Crippen LogP contribution is -2.29. The van der Waals surface area contributed by atoms with Crippen LogP contribution in [0.5, 0.6) is 0 Å². The Bertz CT molecular complexity index is 731. The molecule has 9 heteroatoms. The number of pyridine rings is 1. The minimum Gasteiger partial charge on any atom is -0.424 e. The normalized spacial score (nSPS) is 21.9. The van der Waals surface area contributed by atoms with Crippen molar-refractivity contribution in [1.29, 1.82) is 0 Å². The summed E-state index contributed by atoms with van der Waals surface area (Å²) in [5.41, 5.74) is 0. The van der Waals surface area contributed by atoms with E-state index in [-0.39, 0.29) is 6.04 Å². The Morgan fingerprint density at radius 2 is 2.27 bits per heavy atom. The van der Waals surface area contributed by atoms with Crippen LogP contribution in [0, 0.1) is 0 Å². The first-order chi connectivity index (χ1) is 10.6. The number of aryl methyl sites for hydroxylation is 1. The standard InChI is InChI=1S/C13H17N5O3S/c1-2-12-16-17-13(21-12)10-7-9(8-15-10)22(19,20)18-11-5-3-4-6-14-11/h3-6,9-10,15H,2,7-8H2,1H3,(H,14,18). The Kier molecular flexibility index (Phi) is 4.08. The lowest BCUT2D eigenvalue weighted by Gasteiger charge is -2.12. The van der Waals surface area contributed by atoms with Crippen LogP contribution in [0.3, 0.4) is 0 Å². The fraction of sp³-hybridized carbons (Fsp3) is 0.462. The average Bonchev–Trinajstić information content (AvgIpc) is 3.17. The number of nitrogens with one attached hydrogen (secondary N) is 2. The third-order valence-corrected chi connectivity index (χ3v) is 5.25. The van der Waals surface area contributed by atoms with Crippen molar-refractivity contribution in [1.82, 2.24) is 20.5 Å². The molecule has 1 aliphatic rings. The second kappa shape index (κ2) is 6.01. The van der Waals surface area contributed by atoms with Gasteiger partial charge in [0.15, 0.2) is 0 Å². The maximum Gasteiger partial charge on any atom is 0.238 e. The van der Waals surface area contributed by atoms with E-state index in [2.05, 4.69) is 25.2 Å². The third kappa shape index (κ3) is 3.09. The van der Waals surface area contributed by atoms with Crippen LogP contribution in [-0.2, 0) is 16.4 Å². The van der Waals surface area contributed by atoms with E-state index in [0.29, 0.717) is 37.0 Å². The highest BCUT2D eigenvalue weighted by Crippen LogP contribution is 2.27. The summed E-state index contributed by atoms with van der Waals surface area (Å²) in [4.78, 5) is 3.98. The Morgan fingerprint density at radius 3 is 2.95 bits per heavy atom. The molecule has 2 aromatic rings. The van der Waals surface area contributed by atoms with Gasteiger partial charge in [0.2, 0.25) is 21.8 Å². The predicted molar refractivity (Wildman–Crippen MR) is 79.6 cm³/mol. The van der Waals surface area contributed by atoms with Crippen molar-refractivity contribution in [3.8, 4) is 0 Å². The fourth-order valence-corrected chi connectivity index (χ4v) is 3.67. The smallest absolute Gasteiger partial charge is 0.238 e. The summed E-state index contributed by atoms with van der Waals surface area (Å²) in [5.74, 6) is 1.30. The minimum absolute atomic E-state index is 0.238. The molecule has 2 unspecified atom stereocenters. The highest BCUT2D eigenvalue weighted by Gasteiger charge is 2.37. The molecule has 0 aromatic carbocycles. The molecule has 8 nitrogen and oxygen atoms in total. The summed E-state index contributed by atoms with van der Waals surface area (Å²) < 4.78 is 32.8. The lowest BCUT2D eigenvalue weighted by atomic mass is 10.2. The topological polar surface area (TPSA) is 110 Å². The van der Waals surface area contributed by atoms with E-state index < -0.39 is 15.3 Å². The van der Waals surface area contributed by atoms with E-state index >= 15 is 0 Å². The van der Waals surface area contributed by atoms with Gasteiger partial charge in [-0.2, -0.15) is 0 Å². The number of anilines is 1. The van der Waals surface area contributed by atoms with Crippen LogP contribution >= 0.6 is 0 Å². The highest BCUT2D eigenvalue weighted by molar-refractivity contribution is 7.93. The second-order valence-electron chi connectivity index (χ2n) is 5.07. The zero-order valence-corrected chi connectivity index (χ0v) is 12.9. The number of hydrogen-bond acceptors (Lipinski definition) is 7. The fourth-order valence-electron chi connectivity index (χ4n) is 2.33. The van der Waals surface area contributed by atoms with Gasteiger partial charge in [0.05, 0.1) is 11.3 Å². The largest absolute Gasteiger partial charge is 0.424 e. The first kappa shape index (κ1) is 14.9. The molecule has 0 spiro atoms. The van der Waals surface area contributed by atoms with Crippen molar-refractivity contribution in [2.45, 2.75) is 31.1 Å². The first-order valence-electron chi connectivity index (χ1n) is 7.07. The van der Waals surface area contributed by atoms with Crippen molar-refractivity contribution in [2.75, 3.05) is 11.3 Å². The van der Waals surface area contributed by atoms with Crippen LogP contribution in [0.1, 0.15) is 31.2 Å². The van der Waals surface area contributed by atoms with Crippen LogP contribution < -0.4 is 10.0 Å². The van der Waals surface area contributed by atoms with Gasteiger partial charge in [-0.15, -0.1) is 10.2 Å². The summed E-state index contributed by atoms with van der Waals surface area (Å²) >= 11 is 0. The molecule has 22 heavy (non-hydrogen) atoms. The van der Waals surface area contributed by atoms with Gasteiger partial charge in [-0.05, 0) is 18.6 Å². The second-order valence-corrected chi connectivity index (χ2v) is 7.03. The summed E-state index contributed by atoms with van der Waals surface area (Å²) in [6.07, 6.45) is 2.58. The van der Waals surface area contributed by atoms with Gasteiger partial charge >= 0.3 is 0 Å². The molecule has 0 aliphatic carbocycles. The van der Waals surface area contributed by atoms with E-state index in [1.54, 1.807) is 18.2 Å². The van der Waals surface area contributed by atoms with Crippen molar-refractivity contribution in [3.63, 3.8) is 0 Å². The Balaban J connectivity index is 1.69. The minimum atomic E-state index is -3.52. The van der Waals surface area contributed by atoms with Gasteiger partial charge in [-0.3, -0.25) is 4.72 Å². The van der Waals surface area contributed by atoms with E-state index in [1.165, 1.54) is 6.20 Å². The molecule has 2 aromatic heterocycles. The maximum absolute atomic E-state index is 12.4. The van der Waals surface area contributed by atoms with E-state index in [9.17, 15) is 8.42 Å². The summed E-state index contributed by atoms with van der Waals surface area (Å²) in [7, 11) is -3.52. The molecule has 3 rings (SSSR count). The van der Waals surface area contributed by atoms with Gasteiger partial charge in [0.1, 0.15) is 5.82 Å². The molecule has 2 atom stereocenters. The molecular weight excluding hydrogens is 306 g/mol. The predicted octanol–water partition coefficient (Wildman–Crippen LogP) is 0.872. The summed E-state index contributed by atoms with van der Waals surface area (Å²) in [5, 5.41) is 10.4. The van der Waals surface area contributed by atoms with E-state index in [4.69, 9.17) is 4.42 Å². The lowest BCUT2D eigenvalue weighted by molar-refractivity contribution is 0.405. The number of aromatic nitrogens is 3. The Labute approximate surface area is 128 Å². The van der Waals surface area contributed by atoms with Crippen molar-refractivity contribution in [2.24, 2.45) is 0 Å². The molecule has 0 radical (unpaired) electrons. The Morgan fingerprint density at radius 1 is 1.41 bits per heavy atom. The first-order valence-corrected chi connectivity index (χ1v) is 8.61. The number of nitrogens with zero attached hydrogens (tertiary/aromatic N) is 3. The molecular formula is C13H17N5O3S. The molecule has 3 heterocycles. The van der Waals surface area contributed by atoms with Crippen LogP contribution in [0.15, 0.2) is 28.8 Å². The molecule has 118 valence electrons. The molecule has 0 bridgehead atoms. The van der Waals surface area contributed by atoms with Crippen LogP contribution in [0.25, 0.3) is 0 Å². The van der Waals surface area contributed by atoms with Crippen molar-refractivity contribution < 1.29 is 12.8 Å². The maximum atomic E-state index is 12.4. The number of sulfonamides is 1. The average molecular weight is 323 g/mol. The monoisotopic (exact) mass is 323 g/mol. The number of rotatable bonds is 5. The summed E-state index contributed by atoms with van der Waals surface area (Å²) in [6, 6.07) is 4.83. The highest BCUT2D eigenvalue weighted by atomic mass is 32.2. The van der Waals surface area contributed by atoms with Crippen molar-refractivity contribution >= 4 is 15.8 Å². The molecule has 0 amide bonds. The van der Waals surface area contributed by atoms with Gasteiger partial charge < -0.3 is 9.73 Å². The van der Waals surface area contributed by atoms with Crippen LogP contribution in [-0.4, -0.2) is 35.4 Å². The SMILES string of the molecule is CCc1nnc(C2CC(S(=O)(=O)Nc3ccccn3)CN2)o1. The Hall–Kier alpha value is -2.00. The molecule has 1 saturated heterocycles.